The third-order valence-electron chi connectivity index (χ3n) is 3.49. The lowest BCUT2D eigenvalue weighted by atomic mass is 9.94. The summed E-state index contributed by atoms with van der Waals surface area (Å²) in [6.07, 6.45) is 1.86. The predicted molar refractivity (Wildman–Crippen MR) is 61.0 cm³/mol. The van der Waals surface area contributed by atoms with Crippen molar-refractivity contribution in [3.8, 4) is 0 Å². The number of nitrogens with zero attached hydrogens (tertiary/aromatic N) is 1. The van der Waals surface area contributed by atoms with Gasteiger partial charge in [0.15, 0.2) is 0 Å². The number of amides is 1. The summed E-state index contributed by atoms with van der Waals surface area (Å²) >= 11 is 0. The summed E-state index contributed by atoms with van der Waals surface area (Å²) < 4.78 is 0. The molecule has 1 unspecified atom stereocenters. The monoisotopic (exact) mass is 227 g/mol. The molecular weight excluding hydrogens is 206 g/mol. The molecule has 16 heavy (non-hydrogen) atoms. The van der Waals surface area contributed by atoms with Gasteiger partial charge in [0.25, 0.3) is 0 Å². The Morgan fingerprint density at radius 1 is 1.38 bits per heavy atom. The Kier molecular flexibility index (Phi) is 4.33. The second-order valence-electron chi connectivity index (χ2n) is 5.01. The van der Waals surface area contributed by atoms with Crippen molar-refractivity contribution < 1.29 is 14.7 Å². The van der Waals surface area contributed by atoms with E-state index in [1.54, 1.807) is 0 Å². The number of hydrogen-bond donors (Lipinski definition) is 1. The van der Waals surface area contributed by atoms with Crippen molar-refractivity contribution in [3.63, 3.8) is 0 Å². The molecule has 1 amide bonds. The highest BCUT2D eigenvalue weighted by molar-refractivity contribution is 5.84. The van der Waals surface area contributed by atoms with E-state index in [1.807, 2.05) is 6.92 Å². The van der Waals surface area contributed by atoms with E-state index in [0.717, 1.165) is 6.42 Å². The largest absolute Gasteiger partial charge is 0.480 e. The highest BCUT2D eigenvalue weighted by Crippen LogP contribution is 2.22. The molecule has 1 aliphatic rings. The van der Waals surface area contributed by atoms with Gasteiger partial charge >= 0.3 is 5.97 Å². The fourth-order valence-electron chi connectivity index (χ4n) is 1.95. The number of aliphatic carboxylic acids is 1. The van der Waals surface area contributed by atoms with Crippen molar-refractivity contribution in [1.82, 2.24) is 4.90 Å². The van der Waals surface area contributed by atoms with Gasteiger partial charge in [0.1, 0.15) is 6.04 Å². The van der Waals surface area contributed by atoms with E-state index in [9.17, 15) is 9.59 Å². The van der Waals surface area contributed by atoms with Crippen molar-refractivity contribution in [2.24, 2.45) is 11.8 Å². The van der Waals surface area contributed by atoms with Crippen molar-refractivity contribution in [2.45, 2.75) is 46.1 Å². The molecule has 0 bridgehead atoms. The first-order chi connectivity index (χ1) is 7.43. The first-order valence-electron chi connectivity index (χ1n) is 5.95. The molecule has 0 spiro atoms. The number of carbonyl (C=O) groups excluding carboxylic acids is 1. The molecule has 0 aliphatic carbocycles. The Hall–Kier alpha value is -1.06. The van der Waals surface area contributed by atoms with Gasteiger partial charge in [-0.05, 0) is 24.7 Å². The van der Waals surface area contributed by atoms with Crippen LogP contribution in [0, 0.1) is 11.8 Å². The van der Waals surface area contributed by atoms with Crippen LogP contribution in [0.15, 0.2) is 0 Å². The molecule has 0 radical (unpaired) electrons. The van der Waals surface area contributed by atoms with Gasteiger partial charge in [-0.15, -0.1) is 0 Å². The highest BCUT2D eigenvalue weighted by Gasteiger charge is 2.34. The Balaban J connectivity index is 2.56. The maximum atomic E-state index is 11.9. The second-order valence-corrected chi connectivity index (χ2v) is 5.01. The zero-order chi connectivity index (χ0) is 12.3. The molecule has 1 aliphatic heterocycles. The molecular formula is C12H21NO3. The molecule has 0 aromatic carbocycles. The van der Waals surface area contributed by atoms with Gasteiger partial charge in [-0.1, -0.05) is 20.8 Å². The lowest BCUT2D eigenvalue weighted by Crippen LogP contribution is -2.41. The van der Waals surface area contributed by atoms with Gasteiger partial charge in [-0.2, -0.15) is 0 Å². The average Bonchev–Trinajstić information content (AvgIpc) is 2.65. The Morgan fingerprint density at radius 2 is 2.00 bits per heavy atom. The summed E-state index contributed by atoms with van der Waals surface area (Å²) in [6.45, 7) is 6.79. The number of rotatable bonds is 4. The molecule has 92 valence electrons. The Labute approximate surface area is 96.6 Å². The zero-order valence-electron chi connectivity index (χ0n) is 10.3. The fourth-order valence-corrected chi connectivity index (χ4v) is 1.95. The molecule has 2 atom stereocenters. The van der Waals surface area contributed by atoms with Crippen LogP contribution in [-0.4, -0.2) is 34.5 Å². The predicted octanol–water partition coefficient (Wildman–Crippen LogP) is 1.74. The Bertz CT molecular complexity index is 275. The molecule has 0 aromatic heterocycles. The summed E-state index contributed by atoms with van der Waals surface area (Å²) in [5.41, 5.74) is 0. The average molecular weight is 227 g/mol. The molecule has 4 heteroatoms. The number of carboxylic acid groups (broad SMARTS) is 1. The molecule has 1 heterocycles. The van der Waals surface area contributed by atoms with Crippen LogP contribution in [-0.2, 0) is 9.59 Å². The number of likely N-dealkylation sites (tertiary alicyclic amines) is 1. The van der Waals surface area contributed by atoms with E-state index in [0.29, 0.717) is 31.2 Å². The first-order valence-corrected chi connectivity index (χ1v) is 5.95. The van der Waals surface area contributed by atoms with E-state index in [-0.39, 0.29) is 5.91 Å². The zero-order valence-corrected chi connectivity index (χ0v) is 10.3. The number of carboxylic acids is 1. The van der Waals surface area contributed by atoms with Crippen molar-refractivity contribution in [3.05, 3.63) is 0 Å². The molecule has 0 saturated carbocycles. The van der Waals surface area contributed by atoms with Crippen LogP contribution in [0.4, 0.5) is 0 Å². The Morgan fingerprint density at radius 3 is 2.50 bits per heavy atom. The lowest BCUT2D eigenvalue weighted by molar-refractivity contribution is -0.148. The number of hydrogen-bond acceptors (Lipinski definition) is 2. The maximum absolute atomic E-state index is 11.9. The van der Waals surface area contributed by atoms with Crippen LogP contribution in [0.5, 0.6) is 0 Å². The van der Waals surface area contributed by atoms with Crippen molar-refractivity contribution >= 4 is 11.9 Å². The minimum atomic E-state index is -0.872. The van der Waals surface area contributed by atoms with Gasteiger partial charge in [0.05, 0.1) is 0 Å². The van der Waals surface area contributed by atoms with E-state index in [1.165, 1.54) is 4.90 Å². The maximum Gasteiger partial charge on any atom is 0.326 e. The molecule has 1 rings (SSSR count). The molecule has 4 nitrogen and oxygen atoms in total. The summed E-state index contributed by atoms with van der Waals surface area (Å²) in [7, 11) is 0. The smallest absolute Gasteiger partial charge is 0.326 e. The van der Waals surface area contributed by atoms with E-state index >= 15 is 0 Å². The second kappa shape index (κ2) is 5.32. The number of carbonyl (C=O) groups is 2. The van der Waals surface area contributed by atoms with E-state index < -0.39 is 12.0 Å². The standard InChI is InChI=1S/C12H21NO3/c1-8(2)9(3)7-11(14)13-6-4-5-10(13)12(15)16/h8-10H,4-7H2,1-3H3,(H,15,16)/t9?,10-/m0/s1. The minimum Gasteiger partial charge on any atom is -0.480 e. The van der Waals surface area contributed by atoms with Crippen molar-refractivity contribution in [2.75, 3.05) is 6.54 Å². The molecule has 1 saturated heterocycles. The van der Waals surface area contributed by atoms with Crippen LogP contribution in [0.2, 0.25) is 0 Å². The summed E-state index contributed by atoms with van der Waals surface area (Å²) in [5.74, 6) is -0.119. The normalized spacial score (nSPS) is 22.5. The highest BCUT2D eigenvalue weighted by atomic mass is 16.4. The summed E-state index contributed by atoms with van der Waals surface area (Å²) in [6, 6.07) is -0.591. The van der Waals surface area contributed by atoms with E-state index in [2.05, 4.69) is 13.8 Å². The van der Waals surface area contributed by atoms with Crippen LogP contribution in [0.3, 0.4) is 0 Å². The minimum absolute atomic E-state index is 0.00824. The van der Waals surface area contributed by atoms with Gasteiger partial charge in [-0.3, -0.25) is 4.79 Å². The van der Waals surface area contributed by atoms with Crippen LogP contribution >= 0.6 is 0 Å². The third kappa shape index (κ3) is 2.97. The van der Waals surface area contributed by atoms with Gasteiger partial charge in [0.2, 0.25) is 5.91 Å². The first kappa shape index (κ1) is 13.0. The van der Waals surface area contributed by atoms with Gasteiger partial charge in [-0.25, -0.2) is 4.79 Å². The summed E-state index contributed by atoms with van der Waals surface area (Å²) in [4.78, 5) is 24.4. The quantitative estimate of drug-likeness (QED) is 0.796. The fraction of sp³-hybridized carbons (Fsp3) is 0.833. The lowest BCUT2D eigenvalue weighted by Gasteiger charge is -2.24. The molecule has 1 fully saturated rings. The van der Waals surface area contributed by atoms with Crippen molar-refractivity contribution in [1.29, 1.82) is 0 Å². The third-order valence-corrected chi connectivity index (χ3v) is 3.49. The SMILES string of the molecule is CC(C)C(C)CC(=O)N1CCC[C@H]1C(=O)O. The molecule has 0 aromatic rings. The van der Waals surface area contributed by atoms with Crippen LogP contribution < -0.4 is 0 Å². The van der Waals surface area contributed by atoms with Crippen LogP contribution in [0.25, 0.3) is 0 Å². The molecule has 1 N–H and O–H groups in total. The van der Waals surface area contributed by atoms with Gasteiger partial charge < -0.3 is 10.0 Å². The topological polar surface area (TPSA) is 57.6 Å². The summed E-state index contributed by atoms with van der Waals surface area (Å²) in [5, 5.41) is 8.98. The van der Waals surface area contributed by atoms with Gasteiger partial charge in [0, 0.05) is 13.0 Å². The van der Waals surface area contributed by atoms with E-state index in [4.69, 9.17) is 5.11 Å². The van der Waals surface area contributed by atoms with Crippen LogP contribution in [0.1, 0.15) is 40.0 Å².